The van der Waals surface area contributed by atoms with E-state index in [1.165, 1.54) is 0 Å². The van der Waals surface area contributed by atoms with Crippen molar-refractivity contribution < 1.29 is 0 Å². The lowest BCUT2D eigenvalue weighted by Gasteiger charge is -2.38. The molecule has 2 unspecified atom stereocenters. The van der Waals surface area contributed by atoms with Gasteiger partial charge in [0.1, 0.15) is 0 Å². The lowest BCUT2D eigenvalue weighted by Crippen LogP contribution is -2.34. The number of alkyl halides is 1. The Morgan fingerprint density at radius 1 is 1.50 bits per heavy atom. The molecule has 0 saturated carbocycles. The molecule has 0 aromatic carbocycles. The highest BCUT2D eigenvalue weighted by Crippen LogP contribution is 2.45. The number of hydrogen-bond acceptors (Lipinski definition) is 0. The van der Waals surface area contributed by atoms with Gasteiger partial charge in [-0.2, -0.15) is 0 Å². The molecule has 0 N–H and O–H groups in total. The normalized spacial score (nSPS) is 35.5. The molecule has 2 atom stereocenters. The maximum absolute atomic E-state index is 6.20. The van der Waals surface area contributed by atoms with Crippen LogP contribution in [0.4, 0.5) is 0 Å². The third kappa shape index (κ3) is 1.43. The highest BCUT2D eigenvalue weighted by Gasteiger charge is 2.38. The van der Waals surface area contributed by atoms with E-state index in [1.807, 2.05) is 18.2 Å². The number of allylic oxidation sites excluding steroid dienone is 4. The zero-order valence-corrected chi connectivity index (χ0v) is 9.15. The minimum atomic E-state index is -0.0993. The minimum absolute atomic E-state index is 0.00926. The van der Waals surface area contributed by atoms with Crippen LogP contribution in [-0.2, 0) is 0 Å². The quantitative estimate of drug-likeness (QED) is 0.568. The lowest BCUT2D eigenvalue weighted by molar-refractivity contribution is 0.296. The zero-order valence-electron chi connectivity index (χ0n) is 7.64. The number of halogens is 2. The molecule has 0 aliphatic heterocycles. The van der Waals surface area contributed by atoms with Gasteiger partial charge in [-0.25, -0.2) is 0 Å². The van der Waals surface area contributed by atoms with Gasteiger partial charge in [0.05, 0.1) is 5.38 Å². The van der Waals surface area contributed by atoms with E-state index in [-0.39, 0.29) is 10.8 Å². The first-order chi connectivity index (χ1) is 5.49. The Labute approximate surface area is 84.2 Å². The summed E-state index contributed by atoms with van der Waals surface area (Å²) >= 11 is 12.3. The van der Waals surface area contributed by atoms with E-state index in [9.17, 15) is 0 Å². The smallest absolute Gasteiger partial charge is 0.0624 e. The highest BCUT2D eigenvalue weighted by atomic mass is 35.5. The molecule has 0 aromatic rings. The Morgan fingerprint density at radius 3 is 2.42 bits per heavy atom. The maximum atomic E-state index is 6.20. The van der Waals surface area contributed by atoms with Gasteiger partial charge in [-0.1, -0.05) is 44.5 Å². The van der Waals surface area contributed by atoms with Crippen LogP contribution in [0.15, 0.2) is 23.3 Å². The molecule has 0 aromatic heterocycles. The zero-order chi connectivity index (χ0) is 9.35. The van der Waals surface area contributed by atoms with Crippen LogP contribution in [0.5, 0.6) is 0 Å². The average molecular weight is 205 g/mol. The second kappa shape index (κ2) is 3.43. The fraction of sp³-hybridized carbons (Fsp3) is 0.600. The molecular weight excluding hydrogens is 191 g/mol. The Bertz CT molecular complexity index is 228. The first kappa shape index (κ1) is 10.1. The summed E-state index contributed by atoms with van der Waals surface area (Å²) in [6.07, 6.45) is 5.85. The van der Waals surface area contributed by atoms with Crippen LogP contribution in [-0.4, -0.2) is 5.38 Å². The van der Waals surface area contributed by atoms with Gasteiger partial charge in [0.15, 0.2) is 0 Å². The van der Waals surface area contributed by atoms with Crippen molar-refractivity contribution in [1.82, 2.24) is 0 Å². The van der Waals surface area contributed by atoms with Crippen LogP contribution in [0.25, 0.3) is 0 Å². The summed E-state index contributed by atoms with van der Waals surface area (Å²) in [6, 6.07) is 0. The van der Waals surface area contributed by atoms with Gasteiger partial charge in [0.2, 0.25) is 0 Å². The molecule has 1 aliphatic rings. The third-order valence-corrected chi connectivity index (χ3v) is 3.94. The molecule has 1 rings (SSSR count). The van der Waals surface area contributed by atoms with Crippen LogP contribution in [0.2, 0.25) is 0 Å². The van der Waals surface area contributed by atoms with Gasteiger partial charge in [-0.3, -0.25) is 0 Å². The molecule has 0 radical (unpaired) electrons. The van der Waals surface area contributed by atoms with Gasteiger partial charge in [0, 0.05) is 10.4 Å². The Kier molecular flexibility index (Phi) is 2.90. The van der Waals surface area contributed by atoms with E-state index in [0.29, 0.717) is 5.92 Å². The van der Waals surface area contributed by atoms with Gasteiger partial charge in [0.25, 0.3) is 0 Å². The summed E-state index contributed by atoms with van der Waals surface area (Å²) in [5, 5.41) is 0.870. The first-order valence-electron chi connectivity index (χ1n) is 4.18. The lowest BCUT2D eigenvalue weighted by atomic mass is 9.74. The standard InChI is InChI=1S/C10H14Cl2/c1-7(2)10(3)8(11)5-4-6-9(10)12/h4-8H,1-3H3. The van der Waals surface area contributed by atoms with Gasteiger partial charge >= 0.3 is 0 Å². The number of hydrogen-bond donors (Lipinski definition) is 0. The van der Waals surface area contributed by atoms with Gasteiger partial charge < -0.3 is 0 Å². The Hall–Kier alpha value is 0.0600. The van der Waals surface area contributed by atoms with Crippen LogP contribution >= 0.6 is 23.2 Å². The molecule has 68 valence electrons. The molecule has 0 fully saturated rings. The summed E-state index contributed by atoms with van der Waals surface area (Å²) in [7, 11) is 0. The molecular formula is C10H14Cl2. The maximum Gasteiger partial charge on any atom is 0.0624 e. The van der Waals surface area contributed by atoms with Crippen molar-refractivity contribution in [3.05, 3.63) is 23.3 Å². The summed E-state index contributed by atoms with van der Waals surface area (Å²) in [5.74, 6) is 0.452. The van der Waals surface area contributed by atoms with Crippen molar-refractivity contribution in [2.24, 2.45) is 11.3 Å². The summed E-state index contributed by atoms with van der Waals surface area (Å²) in [5.41, 5.74) is -0.0993. The monoisotopic (exact) mass is 204 g/mol. The summed E-state index contributed by atoms with van der Waals surface area (Å²) in [4.78, 5) is 0. The Balaban J connectivity index is 3.02. The molecule has 12 heavy (non-hydrogen) atoms. The predicted octanol–water partition coefficient (Wildman–Crippen LogP) is 3.95. The highest BCUT2D eigenvalue weighted by molar-refractivity contribution is 6.32. The first-order valence-corrected chi connectivity index (χ1v) is 4.99. The Morgan fingerprint density at radius 2 is 2.08 bits per heavy atom. The van der Waals surface area contributed by atoms with Crippen LogP contribution in [0.3, 0.4) is 0 Å². The molecule has 1 aliphatic carbocycles. The molecule has 0 heterocycles. The largest absolute Gasteiger partial charge is 0.117 e. The van der Waals surface area contributed by atoms with Crippen LogP contribution < -0.4 is 0 Å². The fourth-order valence-electron chi connectivity index (χ4n) is 1.34. The third-order valence-electron chi connectivity index (χ3n) is 2.81. The van der Waals surface area contributed by atoms with Crippen molar-refractivity contribution in [3.63, 3.8) is 0 Å². The van der Waals surface area contributed by atoms with E-state index in [2.05, 4.69) is 20.8 Å². The molecule has 0 nitrogen and oxygen atoms in total. The van der Waals surface area contributed by atoms with E-state index in [0.717, 1.165) is 5.03 Å². The van der Waals surface area contributed by atoms with E-state index in [1.54, 1.807) is 0 Å². The van der Waals surface area contributed by atoms with Crippen LogP contribution in [0.1, 0.15) is 20.8 Å². The van der Waals surface area contributed by atoms with Crippen molar-refractivity contribution in [3.8, 4) is 0 Å². The van der Waals surface area contributed by atoms with Crippen molar-refractivity contribution in [1.29, 1.82) is 0 Å². The number of rotatable bonds is 1. The minimum Gasteiger partial charge on any atom is -0.117 e. The van der Waals surface area contributed by atoms with E-state index in [4.69, 9.17) is 23.2 Å². The topological polar surface area (TPSA) is 0 Å². The van der Waals surface area contributed by atoms with Crippen molar-refractivity contribution in [2.75, 3.05) is 0 Å². The fourth-order valence-corrected chi connectivity index (χ4v) is 2.26. The molecule has 0 amide bonds. The summed E-state index contributed by atoms with van der Waals surface area (Å²) in [6.45, 7) is 6.40. The van der Waals surface area contributed by atoms with Crippen LogP contribution in [0, 0.1) is 11.3 Å². The molecule has 0 bridgehead atoms. The van der Waals surface area contributed by atoms with Gasteiger partial charge in [-0.15, -0.1) is 11.6 Å². The second-order valence-corrected chi connectivity index (χ2v) is 4.62. The summed E-state index contributed by atoms with van der Waals surface area (Å²) < 4.78 is 0. The predicted molar refractivity (Wildman–Crippen MR) is 55.7 cm³/mol. The second-order valence-electron chi connectivity index (χ2n) is 3.74. The van der Waals surface area contributed by atoms with E-state index >= 15 is 0 Å². The molecule has 0 spiro atoms. The molecule has 0 saturated heterocycles. The van der Waals surface area contributed by atoms with Crippen molar-refractivity contribution in [2.45, 2.75) is 26.1 Å². The van der Waals surface area contributed by atoms with Crippen molar-refractivity contribution >= 4 is 23.2 Å². The van der Waals surface area contributed by atoms with E-state index < -0.39 is 0 Å². The SMILES string of the molecule is CC(C)C1(C)C(Cl)=CC=CC1Cl. The van der Waals surface area contributed by atoms with Gasteiger partial charge in [-0.05, 0) is 12.0 Å². The average Bonchev–Trinajstić information content (AvgIpc) is 1.99. The molecule has 2 heteroatoms.